The molecule has 0 aliphatic carbocycles. The first-order chi connectivity index (χ1) is 10.6. The average Bonchev–Trinajstić information content (AvgIpc) is 2.95. The molecule has 2 aromatic heterocycles. The molecule has 22 heavy (non-hydrogen) atoms. The minimum absolute atomic E-state index is 0.00726. The van der Waals surface area contributed by atoms with Crippen LogP contribution in [0, 0.1) is 10.1 Å². The molecular weight excluding hydrogens is 302 g/mol. The second-order valence-electron chi connectivity index (χ2n) is 4.63. The number of rotatable bonds is 4. The molecule has 0 fully saturated rings. The van der Waals surface area contributed by atoms with Gasteiger partial charge in [0.15, 0.2) is 0 Å². The number of thiophene rings is 1. The molecular formula is C15H11N3O3S. The van der Waals surface area contributed by atoms with Gasteiger partial charge in [0, 0.05) is 29.6 Å². The first kappa shape index (κ1) is 14.2. The summed E-state index contributed by atoms with van der Waals surface area (Å²) in [5.41, 5.74) is 1.12. The van der Waals surface area contributed by atoms with Crippen molar-refractivity contribution in [3.05, 3.63) is 69.1 Å². The maximum Gasteiger partial charge on any atom is 0.270 e. The van der Waals surface area contributed by atoms with E-state index >= 15 is 0 Å². The van der Waals surface area contributed by atoms with Crippen molar-refractivity contribution in [3.8, 4) is 11.1 Å². The molecule has 0 atom stereocenters. The Labute approximate surface area is 129 Å². The van der Waals surface area contributed by atoms with Crippen LogP contribution >= 0.6 is 11.3 Å². The predicted molar refractivity (Wildman–Crippen MR) is 86.2 cm³/mol. The van der Waals surface area contributed by atoms with E-state index in [1.54, 1.807) is 23.6 Å². The second kappa shape index (κ2) is 5.53. The number of allylic oxidation sites excluding steroid dienone is 1. The zero-order valence-electron chi connectivity index (χ0n) is 11.4. The number of hydrogen-bond donors (Lipinski definition) is 0. The Morgan fingerprint density at radius 2 is 2.27 bits per heavy atom. The zero-order chi connectivity index (χ0) is 15.7. The Hall–Kier alpha value is -2.80. The molecule has 0 aliphatic rings. The van der Waals surface area contributed by atoms with Crippen LogP contribution in [0.5, 0.6) is 0 Å². The molecule has 6 nitrogen and oxygen atoms in total. The molecule has 0 amide bonds. The van der Waals surface area contributed by atoms with Gasteiger partial charge >= 0.3 is 0 Å². The summed E-state index contributed by atoms with van der Waals surface area (Å²) in [5, 5.41) is 13.2. The monoisotopic (exact) mass is 313 g/mol. The highest BCUT2D eigenvalue weighted by Crippen LogP contribution is 2.32. The smallest absolute Gasteiger partial charge is 0.270 e. The summed E-state index contributed by atoms with van der Waals surface area (Å²) in [4.78, 5) is 27.9. The van der Waals surface area contributed by atoms with Gasteiger partial charge in [-0.1, -0.05) is 18.2 Å². The number of benzene rings is 1. The molecule has 110 valence electrons. The van der Waals surface area contributed by atoms with Gasteiger partial charge in [0.05, 0.1) is 16.6 Å². The molecule has 0 radical (unpaired) electrons. The van der Waals surface area contributed by atoms with Crippen molar-refractivity contribution in [1.82, 2.24) is 9.55 Å². The van der Waals surface area contributed by atoms with Crippen molar-refractivity contribution in [2.45, 2.75) is 6.54 Å². The second-order valence-corrected chi connectivity index (χ2v) is 5.49. The Balaban J connectivity index is 2.25. The van der Waals surface area contributed by atoms with Crippen LogP contribution in [0.2, 0.25) is 0 Å². The highest BCUT2D eigenvalue weighted by atomic mass is 32.1. The third-order valence-corrected chi connectivity index (χ3v) is 4.14. The van der Waals surface area contributed by atoms with Gasteiger partial charge < -0.3 is 0 Å². The van der Waals surface area contributed by atoms with Crippen LogP contribution in [0.1, 0.15) is 0 Å². The molecule has 0 saturated carbocycles. The maximum absolute atomic E-state index is 12.5. The predicted octanol–water partition coefficient (Wildman–Crippen LogP) is 3.22. The van der Waals surface area contributed by atoms with E-state index in [0.29, 0.717) is 27.9 Å². The van der Waals surface area contributed by atoms with Gasteiger partial charge in [-0.3, -0.25) is 19.5 Å². The van der Waals surface area contributed by atoms with Crippen molar-refractivity contribution in [2.24, 2.45) is 0 Å². The molecule has 0 N–H and O–H groups in total. The summed E-state index contributed by atoms with van der Waals surface area (Å²) in [6.45, 7) is 3.98. The van der Waals surface area contributed by atoms with Crippen molar-refractivity contribution in [3.63, 3.8) is 0 Å². The minimum Gasteiger partial charge on any atom is -0.295 e. The molecule has 1 aromatic carbocycles. The third-order valence-electron chi connectivity index (χ3n) is 3.25. The fourth-order valence-electron chi connectivity index (χ4n) is 2.24. The van der Waals surface area contributed by atoms with Gasteiger partial charge in [0.2, 0.25) is 0 Å². The lowest BCUT2D eigenvalue weighted by Crippen LogP contribution is -2.19. The van der Waals surface area contributed by atoms with E-state index in [1.165, 1.54) is 34.4 Å². The van der Waals surface area contributed by atoms with Gasteiger partial charge in [-0.25, -0.2) is 4.98 Å². The van der Waals surface area contributed by atoms with Crippen LogP contribution in [0.15, 0.2) is 53.4 Å². The van der Waals surface area contributed by atoms with Crippen LogP contribution < -0.4 is 5.56 Å². The number of nitro benzene ring substituents is 1. The van der Waals surface area contributed by atoms with Crippen molar-refractivity contribution >= 4 is 27.2 Å². The molecule has 3 aromatic rings. The van der Waals surface area contributed by atoms with E-state index in [9.17, 15) is 14.9 Å². The maximum atomic E-state index is 12.5. The molecule has 2 heterocycles. The van der Waals surface area contributed by atoms with Gasteiger partial charge in [0.25, 0.3) is 11.2 Å². The van der Waals surface area contributed by atoms with E-state index in [0.717, 1.165) is 0 Å². The summed E-state index contributed by atoms with van der Waals surface area (Å²) < 4.78 is 1.46. The first-order valence-electron chi connectivity index (χ1n) is 6.44. The van der Waals surface area contributed by atoms with E-state index in [2.05, 4.69) is 11.6 Å². The lowest BCUT2D eigenvalue weighted by atomic mass is 10.1. The molecule has 7 heteroatoms. The summed E-state index contributed by atoms with van der Waals surface area (Å²) in [6, 6.07) is 6.24. The number of non-ortho nitro benzene ring substituents is 1. The zero-order valence-corrected chi connectivity index (χ0v) is 12.2. The molecule has 0 unspecified atom stereocenters. The summed E-state index contributed by atoms with van der Waals surface area (Å²) in [7, 11) is 0. The molecule has 0 spiro atoms. The fourth-order valence-corrected chi connectivity index (χ4v) is 3.14. The average molecular weight is 313 g/mol. The van der Waals surface area contributed by atoms with E-state index in [-0.39, 0.29) is 11.2 Å². The van der Waals surface area contributed by atoms with Gasteiger partial charge in [-0.2, -0.15) is 0 Å². The molecule has 0 saturated heterocycles. The molecule has 3 rings (SSSR count). The SMILES string of the molecule is C=CCn1cnc2scc(-c3cccc([N+](=O)[O-])c3)c2c1=O. The number of nitro groups is 1. The van der Waals surface area contributed by atoms with Crippen LogP contribution in [-0.2, 0) is 6.54 Å². The number of nitrogens with zero attached hydrogens (tertiary/aromatic N) is 3. The van der Waals surface area contributed by atoms with Crippen LogP contribution in [0.3, 0.4) is 0 Å². The van der Waals surface area contributed by atoms with Crippen molar-refractivity contribution in [1.29, 1.82) is 0 Å². The standard InChI is InChI=1S/C15H11N3O3S/c1-2-6-17-9-16-14-13(15(17)19)12(8-22-14)10-4-3-5-11(7-10)18(20)21/h2-5,7-9H,1,6H2. The highest BCUT2D eigenvalue weighted by Gasteiger charge is 2.15. The van der Waals surface area contributed by atoms with E-state index in [1.807, 2.05) is 0 Å². The lowest BCUT2D eigenvalue weighted by Gasteiger charge is -2.03. The van der Waals surface area contributed by atoms with Crippen LogP contribution in [0.4, 0.5) is 5.69 Å². The van der Waals surface area contributed by atoms with Crippen LogP contribution in [-0.4, -0.2) is 14.5 Å². The Morgan fingerprint density at radius 1 is 1.45 bits per heavy atom. The Bertz CT molecular complexity index is 943. The number of fused-ring (bicyclic) bond motifs is 1. The quantitative estimate of drug-likeness (QED) is 0.421. The number of hydrogen-bond acceptors (Lipinski definition) is 5. The number of aromatic nitrogens is 2. The van der Waals surface area contributed by atoms with Gasteiger partial charge in [0.1, 0.15) is 4.83 Å². The Kier molecular flexibility index (Phi) is 3.56. The molecule has 0 aliphatic heterocycles. The summed E-state index contributed by atoms with van der Waals surface area (Å²) in [5.74, 6) is 0. The summed E-state index contributed by atoms with van der Waals surface area (Å²) >= 11 is 1.34. The summed E-state index contributed by atoms with van der Waals surface area (Å²) in [6.07, 6.45) is 3.11. The van der Waals surface area contributed by atoms with Crippen molar-refractivity contribution < 1.29 is 4.92 Å². The first-order valence-corrected chi connectivity index (χ1v) is 7.32. The van der Waals surface area contributed by atoms with E-state index in [4.69, 9.17) is 0 Å². The van der Waals surface area contributed by atoms with Gasteiger partial charge in [-0.05, 0) is 5.56 Å². The minimum atomic E-state index is -0.452. The lowest BCUT2D eigenvalue weighted by molar-refractivity contribution is -0.384. The van der Waals surface area contributed by atoms with Crippen LogP contribution in [0.25, 0.3) is 21.3 Å². The normalized spacial score (nSPS) is 10.7. The Morgan fingerprint density at radius 3 is 3.00 bits per heavy atom. The van der Waals surface area contributed by atoms with Crippen molar-refractivity contribution in [2.75, 3.05) is 0 Å². The fraction of sp³-hybridized carbons (Fsp3) is 0.0667. The topological polar surface area (TPSA) is 78.0 Å². The largest absolute Gasteiger partial charge is 0.295 e. The highest BCUT2D eigenvalue weighted by molar-refractivity contribution is 7.17. The van der Waals surface area contributed by atoms with E-state index < -0.39 is 4.92 Å². The van der Waals surface area contributed by atoms with Gasteiger partial charge in [-0.15, -0.1) is 17.9 Å². The third kappa shape index (κ3) is 2.31. The molecule has 0 bridgehead atoms.